The van der Waals surface area contributed by atoms with Crippen LogP contribution in [0.1, 0.15) is 21.6 Å². The fourth-order valence-corrected chi connectivity index (χ4v) is 2.12. The van der Waals surface area contributed by atoms with E-state index in [0.717, 1.165) is 16.6 Å². The smallest absolute Gasteiger partial charge is 0.340 e. The van der Waals surface area contributed by atoms with Crippen molar-refractivity contribution in [1.82, 2.24) is 4.98 Å². The van der Waals surface area contributed by atoms with Gasteiger partial charge in [0, 0.05) is 11.1 Å². The number of nitrogens with zero attached hydrogens (tertiary/aromatic N) is 1. The Balaban J connectivity index is 2.87. The van der Waals surface area contributed by atoms with Crippen LogP contribution in [0.2, 0.25) is 5.02 Å². The lowest BCUT2D eigenvalue weighted by Crippen LogP contribution is -2.04. The average Bonchev–Trinajstić information content (AvgIpc) is 2.28. The molecule has 0 saturated heterocycles. The van der Waals surface area contributed by atoms with Gasteiger partial charge in [-0.25, -0.2) is 4.79 Å². The minimum absolute atomic E-state index is 0.395. The predicted octanol–water partition coefficient (Wildman–Crippen LogP) is 3.29. The maximum Gasteiger partial charge on any atom is 0.340 e. The molecule has 3 nitrogen and oxygen atoms in total. The number of benzene rings is 1. The fourth-order valence-electron chi connectivity index (χ4n) is 1.82. The standard InChI is InChI=1S/C13H12ClNO2/c1-7-4-9-11(14)6-8(2)15-12(9)10(5-7)13(16)17-3/h4-6H,1-3H3. The molecule has 2 rings (SSSR count). The summed E-state index contributed by atoms with van der Waals surface area (Å²) in [5.41, 5.74) is 2.77. The molecule has 0 aliphatic heterocycles. The van der Waals surface area contributed by atoms with Crippen molar-refractivity contribution in [2.75, 3.05) is 7.11 Å². The number of carbonyl (C=O) groups is 1. The second kappa shape index (κ2) is 4.34. The van der Waals surface area contributed by atoms with Gasteiger partial charge in [-0.2, -0.15) is 0 Å². The molecular weight excluding hydrogens is 238 g/mol. The zero-order chi connectivity index (χ0) is 12.6. The van der Waals surface area contributed by atoms with Gasteiger partial charge in [0.15, 0.2) is 0 Å². The summed E-state index contributed by atoms with van der Waals surface area (Å²) in [5.74, 6) is -0.395. The third-order valence-electron chi connectivity index (χ3n) is 2.54. The molecule has 0 spiro atoms. The number of aryl methyl sites for hydroxylation is 2. The summed E-state index contributed by atoms with van der Waals surface area (Å²) in [6.07, 6.45) is 0. The second-order valence-corrected chi connectivity index (χ2v) is 4.35. The quantitative estimate of drug-likeness (QED) is 0.728. The molecule has 0 amide bonds. The predicted molar refractivity (Wildman–Crippen MR) is 67.6 cm³/mol. The van der Waals surface area contributed by atoms with Crippen LogP contribution in [0.25, 0.3) is 10.9 Å². The van der Waals surface area contributed by atoms with Crippen LogP contribution in [-0.4, -0.2) is 18.1 Å². The molecule has 0 radical (unpaired) electrons. The van der Waals surface area contributed by atoms with E-state index in [4.69, 9.17) is 16.3 Å². The van der Waals surface area contributed by atoms with Gasteiger partial charge in [0.2, 0.25) is 0 Å². The van der Waals surface area contributed by atoms with E-state index in [1.165, 1.54) is 7.11 Å². The molecule has 17 heavy (non-hydrogen) atoms. The van der Waals surface area contributed by atoms with Gasteiger partial charge < -0.3 is 4.74 Å². The first kappa shape index (κ1) is 11.9. The summed E-state index contributed by atoms with van der Waals surface area (Å²) in [6, 6.07) is 5.46. The lowest BCUT2D eigenvalue weighted by molar-refractivity contribution is 0.0602. The highest BCUT2D eigenvalue weighted by Crippen LogP contribution is 2.27. The zero-order valence-corrected chi connectivity index (χ0v) is 10.6. The van der Waals surface area contributed by atoms with Gasteiger partial charge in [0.1, 0.15) is 0 Å². The van der Waals surface area contributed by atoms with E-state index in [9.17, 15) is 4.79 Å². The van der Waals surface area contributed by atoms with Crippen molar-refractivity contribution in [2.24, 2.45) is 0 Å². The average molecular weight is 250 g/mol. The topological polar surface area (TPSA) is 39.2 Å². The number of hydrogen-bond acceptors (Lipinski definition) is 3. The normalized spacial score (nSPS) is 10.6. The maximum absolute atomic E-state index is 11.7. The number of carbonyl (C=O) groups excluding carboxylic acids is 1. The first-order valence-electron chi connectivity index (χ1n) is 5.18. The van der Waals surface area contributed by atoms with E-state index >= 15 is 0 Å². The Labute approximate surface area is 104 Å². The summed E-state index contributed by atoms with van der Waals surface area (Å²) < 4.78 is 4.76. The highest BCUT2D eigenvalue weighted by atomic mass is 35.5. The van der Waals surface area contributed by atoms with Gasteiger partial charge >= 0.3 is 5.97 Å². The number of hydrogen-bond donors (Lipinski definition) is 0. The molecule has 0 bridgehead atoms. The highest BCUT2D eigenvalue weighted by Gasteiger charge is 2.14. The summed E-state index contributed by atoms with van der Waals surface area (Å²) in [7, 11) is 1.36. The SMILES string of the molecule is COC(=O)c1cc(C)cc2c(Cl)cc(C)nc12. The molecule has 88 valence electrons. The van der Waals surface area contributed by atoms with Crippen LogP contribution in [0.5, 0.6) is 0 Å². The van der Waals surface area contributed by atoms with Crippen molar-refractivity contribution in [1.29, 1.82) is 0 Å². The minimum Gasteiger partial charge on any atom is -0.465 e. The Morgan fingerprint density at radius 3 is 2.65 bits per heavy atom. The van der Waals surface area contributed by atoms with E-state index in [1.807, 2.05) is 19.9 Å². The molecule has 2 aromatic rings. The van der Waals surface area contributed by atoms with Gasteiger partial charge in [-0.05, 0) is 37.6 Å². The summed E-state index contributed by atoms with van der Waals surface area (Å²) in [5, 5.41) is 1.37. The summed E-state index contributed by atoms with van der Waals surface area (Å²) in [4.78, 5) is 16.1. The first-order chi connectivity index (χ1) is 8.02. The Morgan fingerprint density at radius 1 is 1.29 bits per heavy atom. The van der Waals surface area contributed by atoms with Crippen LogP contribution < -0.4 is 0 Å². The molecule has 4 heteroatoms. The van der Waals surface area contributed by atoms with Crippen molar-refractivity contribution in [3.8, 4) is 0 Å². The lowest BCUT2D eigenvalue weighted by atomic mass is 10.1. The Hall–Kier alpha value is -1.61. The van der Waals surface area contributed by atoms with E-state index in [1.54, 1.807) is 12.1 Å². The van der Waals surface area contributed by atoms with E-state index in [2.05, 4.69) is 4.98 Å². The molecule has 0 aliphatic rings. The number of halogens is 1. The largest absolute Gasteiger partial charge is 0.465 e. The molecule has 0 saturated carbocycles. The van der Waals surface area contributed by atoms with Gasteiger partial charge in [-0.1, -0.05) is 11.6 Å². The minimum atomic E-state index is -0.395. The fraction of sp³-hybridized carbons (Fsp3) is 0.231. The monoisotopic (exact) mass is 249 g/mol. The highest BCUT2D eigenvalue weighted by molar-refractivity contribution is 6.35. The van der Waals surface area contributed by atoms with Gasteiger partial charge in [0.05, 0.1) is 23.2 Å². The summed E-state index contributed by atoms with van der Waals surface area (Å²) >= 11 is 6.16. The Bertz CT molecular complexity index is 608. The number of ether oxygens (including phenoxy) is 1. The molecule has 1 aromatic heterocycles. The maximum atomic E-state index is 11.7. The van der Waals surface area contributed by atoms with Crippen LogP contribution in [0.4, 0.5) is 0 Å². The van der Waals surface area contributed by atoms with Crippen LogP contribution in [-0.2, 0) is 4.74 Å². The van der Waals surface area contributed by atoms with Crippen molar-refractivity contribution >= 4 is 28.5 Å². The van der Waals surface area contributed by atoms with Crippen molar-refractivity contribution in [3.05, 3.63) is 40.0 Å². The summed E-state index contributed by atoms with van der Waals surface area (Å²) in [6.45, 7) is 3.74. The molecule has 0 atom stereocenters. The molecular formula is C13H12ClNO2. The van der Waals surface area contributed by atoms with Crippen molar-refractivity contribution in [3.63, 3.8) is 0 Å². The van der Waals surface area contributed by atoms with Crippen molar-refractivity contribution in [2.45, 2.75) is 13.8 Å². The Kier molecular flexibility index (Phi) is 3.03. The number of esters is 1. The molecule has 0 N–H and O–H groups in total. The van der Waals surface area contributed by atoms with Crippen LogP contribution in [0.15, 0.2) is 18.2 Å². The van der Waals surface area contributed by atoms with Gasteiger partial charge in [-0.15, -0.1) is 0 Å². The van der Waals surface area contributed by atoms with Gasteiger partial charge in [-0.3, -0.25) is 4.98 Å². The molecule has 1 aromatic carbocycles. The number of aromatic nitrogens is 1. The third-order valence-corrected chi connectivity index (χ3v) is 2.85. The number of fused-ring (bicyclic) bond motifs is 1. The van der Waals surface area contributed by atoms with E-state index < -0.39 is 5.97 Å². The molecule has 1 heterocycles. The number of methoxy groups -OCH3 is 1. The lowest BCUT2D eigenvalue weighted by Gasteiger charge is -2.08. The molecule has 0 aliphatic carbocycles. The van der Waals surface area contributed by atoms with E-state index in [0.29, 0.717) is 16.1 Å². The van der Waals surface area contributed by atoms with Crippen LogP contribution in [0.3, 0.4) is 0 Å². The third kappa shape index (κ3) is 2.11. The van der Waals surface area contributed by atoms with Crippen LogP contribution >= 0.6 is 11.6 Å². The number of pyridine rings is 1. The number of rotatable bonds is 1. The Morgan fingerprint density at radius 2 is 2.00 bits per heavy atom. The molecule has 0 fully saturated rings. The van der Waals surface area contributed by atoms with Crippen LogP contribution in [0, 0.1) is 13.8 Å². The first-order valence-corrected chi connectivity index (χ1v) is 5.56. The molecule has 0 unspecified atom stereocenters. The van der Waals surface area contributed by atoms with E-state index in [-0.39, 0.29) is 0 Å². The zero-order valence-electron chi connectivity index (χ0n) is 9.87. The second-order valence-electron chi connectivity index (χ2n) is 3.95. The van der Waals surface area contributed by atoms with Crippen molar-refractivity contribution < 1.29 is 9.53 Å². The van der Waals surface area contributed by atoms with Gasteiger partial charge in [0.25, 0.3) is 0 Å².